The van der Waals surface area contributed by atoms with Gasteiger partial charge in [0.25, 0.3) is 0 Å². The maximum Gasteiger partial charge on any atom is 0.217 e. The number of rotatable bonds is 5. The van der Waals surface area contributed by atoms with Crippen LogP contribution in [0.15, 0.2) is 18.2 Å². The summed E-state index contributed by atoms with van der Waals surface area (Å²) < 4.78 is 0. The third kappa shape index (κ3) is 3.84. The van der Waals surface area contributed by atoms with Gasteiger partial charge in [0.05, 0.1) is 0 Å². The van der Waals surface area contributed by atoms with Crippen molar-refractivity contribution in [3.05, 3.63) is 18.2 Å². The minimum Gasteiger partial charge on any atom is -0.370 e. The second-order valence-electron chi connectivity index (χ2n) is 4.94. The molecule has 1 aromatic heterocycles. The number of carbonyl (C=O) groups excluding carboxylic acids is 1. The molecular formula is C14H22N4O. The van der Waals surface area contributed by atoms with Crippen LogP contribution in [0.3, 0.4) is 0 Å². The molecular weight excluding hydrogens is 240 g/mol. The normalized spacial score (nSPS) is 18.4. The van der Waals surface area contributed by atoms with Gasteiger partial charge < -0.3 is 15.5 Å². The highest BCUT2D eigenvalue weighted by Gasteiger charge is 2.23. The van der Waals surface area contributed by atoms with E-state index in [0.29, 0.717) is 0 Å². The van der Waals surface area contributed by atoms with Gasteiger partial charge in [-0.3, -0.25) is 4.79 Å². The van der Waals surface area contributed by atoms with Crippen molar-refractivity contribution >= 4 is 17.5 Å². The van der Waals surface area contributed by atoms with Crippen molar-refractivity contribution < 1.29 is 4.79 Å². The summed E-state index contributed by atoms with van der Waals surface area (Å²) in [6.07, 6.45) is 2.06. The van der Waals surface area contributed by atoms with Crippen molar-refractivity contribution in [3.63, 3.8) is 0 Å². The Balaban J connectivity index is 1.96. The molecule has 0 bridgehead atoms. The van der Waals surface area contributed by atoms with E-state index in [4.69, 9.17) is 0 Å². The number of amides is 1. The summed E-state index contributed by atoms with van der Waals surface area (Å²) in [5, 5.41) is 6.26. The summed E-state index contributed by atoms with van der Waals surface area (Å²) in [5.74, 6) is 1.94. The summed E-state index contributed by atoms with van der Waals surface area (Å²) in [6.45, 7) is 6.41. The molecule has 2 N–H and O–H groups in total. The minimum atomic E-state index is 0.0400. The molecule has 0 radical (unpaired) electrons. The van der Waals surface area contributed by atoms with E-state index < -0.39 is 0 Å². The molecule has 1 aliphatic rings. The van der Waals surface area contributed by atoms with Crippen LogP contribution in [0.1, 0.15) is 26.7 Å². The number of pyridine rings is 1. The second kappa shape index (κ2) is 6.41. The molecule has 1 aromatic rings. The molecule has 104 valence electrons. The van der Waals surface area contributed by atoms with Crippen LogP contribution in [0.2, 0.25) is 0 Å². The molecule has 1 unspecified atom stereocenters. The lowest BCUT2D eigenvalue weighted by atomic mass is 10.2. The van der Waals surface area contributed by atoms with Crippen molar-refractivity contribution in [2.45, 2.75) is 32.7 Å². The van der Waals surface area contributed by atoms with E-state index in [1.54, 1.807) is 6.92 Å². The molecule has 1 amide bonds. The number of aromatic nitrogens is 1. The van der Waals surface area contributed by atoms with Crippen LogP contribution in [0.5, 0.6) is 0 Å². The van der Waals surface area contributed by atoms with Crippen LogP contribution < -0.4 is 15.5 Å². The molecule has 0 spiro atoms. The van der Waals surface area contributed by atoms with Gasteiger partial charge >= 0.3 is 0 Å². The van der Waals surface area contributed by atoms with Gasteiger partial charge in [0, 0.05) is 32.6 Å². The largest absolute Gasteiger partial charge is 0.370 e. The maximum atomic E-state index is 11.1. The molecule has 0 aliphatic carbocycles. The SMILES string of the molecule is CCCNc1cccc(N2CCC(NC(C)=O)C2)n1. The standard InChI is InChI=1S/C14H22N4O/c1-3-8-15-13-5-4-6-14(17-13)18-9-7-12(10-18)16-11(2)19/h4-6,12H,3,7-10H2,1-2H3,(H,15,17)(H,16,19). The molecule has 0 saturated carbocycles. The molecule has 2 heterocycles. The lowest BCUT2D eigenvalue weighted by molar-refractivity contribution is -0.119. The highest BCUT2D eigenvalue weighted by molar-refractivity contribution is 5.73. The van der Waals surface area contributed by atoms with E-state index in [2.05, 4.69) is 27.4 Å². The summed E-state index contributed by atoms with van der Waals surface area (Å²) in [5.41, 5.74) is 0. The second-order valence-corrected chi connectivity index (χ2v) is 4.94. The fraction of sp³-hybridized carbons (Fsp3) is 0.571. The smallest absolute Gasteiger partial charge is 0.217 e. The molecule has 1 saturated heterocycles. The molecule has 5 heteroatoms. The number of hydrogen-bond acceptors (Lipinski definition) is 4. The van der Waals surface area contributed by atoms with Crippen molar-refractivity contribution in [3.8, 4) is 0 Å². The van der Waals surface area contributed by atoms with Crippen LogP contribution in [0, 0.1) is 0 Å². The first kappa shape index (κ1) is 13.6. The van der Waals surface area contributed by atoms with Gasteiger partial charge in [-0.15, -0.1) is 0 Å². The van der Waals surface area contributed by atoms with Crippen molar-refractivity contribution in [2.75, 3.05) is 29.9 Å². The van der Waals surface area contributed by atoms with Crippen LogP contribution in [-0.2, 0) is 4.79 Å². The van der Waals surface area contributed by atoms with Crippen LogP contribution in [0.25, 0.3) is 0 Å². The Morgan fingerprint density at radius 2 is 2.37 bits per heavy atom. The average Bonchev–Trinajstić information content (AvgIpc) is 2.84. The average molecular weight is 262 g/mol. The van der Waals surface area contributed by atoms with Gasteiger partial charge in [0.1, 0.15) is 11.6 Å². The third-order valence-electron chi connectivity index (χ3n) is 3.21. The lowest BCUT2D eigenvalue weighted by Gasteiger charge is -2.18. The first-order valence-electron chi connectivity index (χ1n) is 6.92. The van der Waals surface area contributed by atoms with Gasteiger partial charge in [-0.05, 0) is 25.0 Å². The van der Waals surface area contributed by atoms with E-state index in [1.807, 2.05) is 18.2 Å². The predicted octanol–water partition coefficient (Wildman–Crippen LogP) is 1.62. The summed E-state index contributed by atoms with van der Waals surface area (Å²) >= 11 is 0. The van der Waals surface area contributed by atoms with E-state index >= 15 is 0 Å². The highest BCUT2D eigenvalue weighted by atomic mass is 16.1. The number of nitrogens with zero attached hydrogens (tertiary/aromatic N) is 2. The van der Waals surface area contributed by atoms with Gasteiger partial charge in [0.15, 0.2) is 0 Å². The molecule has 1 atom stereocenters. The number of anilines is 2. The molecule has 5 nitrogen and oxygen atoms in total. The molecule has 19 heavy (non-hydrogen) atoms. The number of carbonyl (C=O) groups is 1. The number of nitrogens with one attached hydrogen (secondary N) is 2. The summed E-state index contributed by atoms with van der Waals surface area (Å²) in [7, 11) is 0. The first-order valence-corrected chi connectivity index (χ1v) is 6.92. The van der Waals surface area contributed by atoms with Gasteiger partial charge in [-0.1, -0.05) is 13.0 Å². The fourth-order valence-electron chi connectivity index (χ4n) is 2.32. The Hall–Kier alpha value is -1.78. The Bertz CT molecular complexity index is 435. The molecule has 1 fully saturated rings. The maximum absolute atomic E-state index is 11.1. The highest BCUT2D eigenvalue weighted by Crippen LogP contribution is 2.19. The zero-order chi connectivity index (χ0) is 13.7. The Morgan fingerprint density at radius 3 is 3.11 bits per heavy atom. The van der Waals surface area contributed by atoms with Crippen molar-refractivity contribution in [1.82, 2.24) is 10.3 Å². The first-order chi connectivity index (χ1) is 9.19. The van der Waals surface area contributed by atoms with E-state index in [9.17, 15) is 4.79 Å². The monoisotopic (exact) mass is 262 g/mol. The third-order valence-corrected chi connectivity index (χ3v) is 3.21. The molecule has 1 aliphatic heterocycles. The van der Waals surface area contributed by atoms with Gasteiger partial charge in [-0.25, -0.2) is 4.98 Å². The summed E-state index contributed by atoms with van der Waals surface area (Å²) in [4.78, 5) is 17.9. The summed E-state index contributed by atoms with van der Waals surface area (Å²) in [6, 6.07) is 6.27. The van der Waals surface area contributed by atoms with Gasteiger partial charge in [-0.2, -0.15) is 0 Å². The zero-order valence-electron chi connectivity index (χ0n) is 11.6. The predicted molar refractivity (Wildman–Crippen MR) is 77.5 cm³/mol. The van der Waals surface area contributed by atoms with Crippen molar-refractivity contribution in [2.24, 2.45) is 0 Å². The fourth-order valence-corrected chi connectivity index (χ4v) is 2.32. The lowest BCUT2D eigenvalue weighted by Crippen LogP contribution is -2.35. The van der Waals surface area contributed by atoms with E-state index in [0.717, 1.165) is 44.1 Å². The minimum absolute atomic E-state index is 0.0400. The van der Waals surface area contributed by atoms with Crippen LogP contribution in [-0.4, -0.2) is 36.6 Å². The van der Waals surface area contributed by atoms with Crippen LogP contribution >= 0.6 is 0 Å². The van der Waals surface area contributed by atoms with E-state index in [-0.39, 0.29) is 11.9 Å². The molecule has 0 aromatic carbocycles. The Morgan fingerprint density at radius 1 is 1.53 bits per heavy atom. The molecule has 2 rings (SSSR count). The zero-order valence-corrected chi connectivity index (χ0v) is 11.6. The van der Waals surface area contributed by atoms with E-state index in [1.165, 1.54) is 0 Å². The Labute approximate surface area is 114 Å². The quantitative estimate of drug-likeness (QED) is 0.846. The Kier molecular flexibility index (Phi) is 4.60. The van der Waals surface area contributed by atoms with Crippen LogP contribution in [0.4, 0.5) is 11.6 Å². The van der Waals surface area contributed by atoms with Gasteiger partial charge in [0.2, 0.25) is 5.91 Å². The number of hydrogen-bond donors (Lipinski definition) is 2. The topological polar surface area (TPSA) is 57.3 Å². The van der Waals surface area contributed by atoms with Crippen molar-refractivity contribution in [1.29, 1.82) is 0 Å².